The van der Waals surface area contributed by atoms with Gasteiger partial charge in [-0.2, -0.15) is 0 Å². The van der Waals surface area contributed by atoms with Crippen molar-refractivity contribution < 1.29 is 9.53 Å². The molecule has 0 unspecified atom stereocenters. The van der Waals surface area contributed by atoms with E-state index in [0.29, 0.717) is 18.9 Å². The van der Waals surface area contributed by atoms with Crippen molar-refractivity contribution >= 4 is 11.7 Å². The van der Waals surface area contributed by atoms with Gasteiger partial charge in [-0.3, -0.25) is 14.2 Å². The van der Waals surface area contributed by atoms with E-state index < -0.39 is 0 Å². The Labute approximate surface area is 157 Å². The van der Waals surface area contributed by atoms with E-state index in [0.717, 1.165) is 36.5 Å². The molecule has 4 rings (SSSR count). The largest absolute Gasteiger partial charge is 0.376 e. The van der Waals surface area contributed by atoms with Crippen LogP contribution in [0.25, 0.3) is 5.78 Å². The van der Waals surface area contributed by atoms with Gasteiger partial charge in [-0.1, -0.05) is 6.07 Å². The number of hydrogen-bond donors (Lipinski definition) is 0. The maximum Gasteiger partial charge on any atom is 0.292 e. The smallest absolute Gasteiger partial charge is 0.292 e. The Hall–Kier alpha value is -2.87. The molecule has 1 amide bonds. The predicted octanol–water partition coefficient (Wildman–Crippen LogP) is 1.96. The second-order valence-electron chi connectivity index (χ2n) is 6.84. The maximum absolute atomic E-state index is 13.3. The topological polar surface area (TPSA) is 85.5 Å². The number of ether oxygens (including phenoxy) is 1. The molecule has 140 valence electrons. The molecular formula is C19H22N6O2. The van der Waals surface area contributed by atoms with Crippen molar-refractivity contribution in [2.75, 3.05) is 13.2 Å². The summed E-state index contributed by atoms with van der Waals surface area (Å²) < 4.78 is 7.45. The van der Waals surface area contributed by atoms with Crippen LogP contribution in [0, 0.1) is 13.8 Å². The maximum atomic E-state index is 13.3. The van der Waals surface area contributed by atoms with Gasteiger partial charge in [0.1, 0.15) is 0 Å². The summed E-state index contributed by atoms with van der Waals surface area (Å²) in [5.74, 6) is 0.507. The van der Waals surface area contributed by atoms with Gasteiger partial charge in [-0.05, 0) is 44.9 Å². The summed E-state index contributed by atoms with van der Waals surface area (Å²) in [6.07, 6.45) is 3.74. The lowest BCUT2D eigenvalue weighted by atomic mass is 10.2. The fourth-order valence-electron chi connectivity index (χ4n) is 3.45. The molecule has 4 heterocycles. The van der Waals surface area contributed by atoms with Gasteiger partial charge in [0.25, 0.3) is 11.7 Å². The van der Waals surface area contributed by atoms with Gasteiger partial charge in [0.15, 0.2) is 0 Å². The molecule has 1 aliphatic heterocycles. The third-order valence-electron chi connectivity index (χ3n) is 4.70. The number of nitrogens with zero attached hydrogens (tertiary/aromatic N) is 6. The van der Waals surface area contributed by atoms with Crippen LogP contribution < -0.4 is 0 Å². The summed E-state index contributed by atoms with van der Waals surface area (Å²) in [4.78, 5) is 23.8. The van der Waals surface area contributed by atoms with Crippen LogP contribution in [-0.2, 0) is 11.3 Å². The average Bonchev–Trinajstić information content (AvgIpc) is 3.31. The third kappa shape index (κ3) is 3.66. The molecule has 0 aliphatic carbocycles. The van der Waals surface area contributed by atoms with Gasteiger partial charge in [-0.15, -0.1) is 10.2 Å². The number of rotatable bonds is 5. The first-order chi connectivity index (χ1) is 13.1. The number of hydrogen-bond acceptors (Lipinski definition) is 6. The summed E-state index contributed by atoms with van der Waals surface area (Å²) in [6.45, 7) is 5.46. The van der Waals surface area contributed by atoms with Crippen LogP contribution in [0.2, 0.25) is 0 Å². The molecule has 3 aromatic heterocycles. The first kappa shape index (κ1) is 17.5. The van der Waals surface area contributed by atoms with E-state index in [9.17, 15) is 4.79 Å². The van der Waals surface area contributed by atoms with E-state index in [4.69, 9.17) is 4.74 Å². The molecule has 0 aromatic carbocycles. The molecule has 27 heavy (non-hydrogen) atoms. The fraction of sp³-hybridized carbons (Fsp3) is 0.421. The van der Waals surface area contributed by atoms with E-state index in [-0.39, 0.29) is 17.8 Å². The van der Waals surface area contributed by atoms with Gasteiger partial charge < -0.3 is 9.64 Å². The van der Waals surface area contributed by atoms with Crippen LogP contribution in [0.5, 0.6) is 0 Å². The van der Waals surface area contributed by atoms with Crippen LogP contribution in [0.4, 0.5) is 0 Å². The highest BCUT2D eigenvalue weighted by atomic mass is 16.5. The number of carbonyl (C=O) groups excluding carboxylic acids is 1. The monoisotopic (exact) mass is 366 g/mol. The van der Waals surface area contributed by atoms with E-state index in [1.807, 2.05) is 38.1 Å². The lowest BCUT2D eigenvalue weighted by Crippen LogP contribution is -2.38. The van der Waals surface area contributed by atoms with Crippen molar-refractivity contribution in [1.82, 2.24) is 29.5 Å². The van der Waals surface area contributed by atoms with E-state index >= 15 is 0 Å². The normalized spacial score (nSPS) is 16.7. The molecule has 8 nitrogen and oxygen atoms in total. The molecule has 0 radical (unpaired) electrons. The summed E-state index contributed by atoms with van der Waals surface area (Å²) >= 11 is 0. The molecule has 1 aliphatic rings. The molecule has 1 fully saturated rings. The summed E-state index contributed by atoms with van der Waals surface area (Å²) in [7, 11) is 0. The average molecular weight is 366 g/mol. The highest BCUT2D eigenvalue weighted by molar-refractivity contribution is 5.91. The lowest BCUT2D eigenvalue weighted by Gasteiger charge is -2.24. The quantitative estimate of drug-likeness (QED) is 0.686. The zero-order valence-electron chi connectivity index (χ0n) is 15.5. The first-order valence-corrected chi connectivity index (χ1v) is 9.12. The van der Waals surface area contributed by atoms with Gasteiger partial charge in [-0.25, -0.2) is 4.98 Å². The van der Waals surface area contributed by atoms with Crippen LogP contribution in [0.1, 0.15) is 40.5 Å². The second-order valence-corrected chi connectivity index (χ2v) is 6.84. The molecule has 0 bridgehead atoms. The van der Waals surface area contributed by atoms with Crippen molar-refractivity contribution in [3.63, 3.8) is 0 Å². The molecular weight excluding hydrogens is 344 g/mol. The molecule has 1 atom stereocenters. The lowest BCUT2D eigenvalue weighted by molar-refractivity contribution is 0.0494. The molecule has 3 aromatic rings. The zero-order chi connectivity index (χ0) is 18.8. The Balaban J connectivity index is 1.67. The molecule has 0 saturated carbocycles. The Kier molecular flexibility index (Phi) is 4.81. The number of aryl methyl sites for hydroxylation is 2. The van der Waals surface area contributed by atoms with Crippen molar-refractivity contribution in [1.29, 1.82) is 0 Å². The minimum absolute atomic E-state index is 0.0401. The minimum Gasteiger partial charge on any atom is -0.376 e. The van der Waals surface area contributed by atoms with Crippen LogP contribution in [0.15, 0.2) is 30.5 Å². The number of aromatic nitrogens is 5. The number of amides is 1. The highest BCUT2D eigenvalue weighted by Gasteiger charge is 2.27. The van der Waals surface area contributed by atoms with E-state index in [1.165, 1.54) is 0 Å². The van der Waals surface area contributed by atoms with Crippen LogP contribution >= 0.6 is 0 Å². The van der Waals surface area contributed by atoms with Crippen LogP contribution in [-0.4, -0.2) is 54.6 Å². The zero-order valence-corrected chi connectivity index (χ0v) is 15.5. The Morgan fingerprint density at radius 1 is 1.33 bits per heavy atom. The summed E-state index contributed by atoms with van der Waals surface area (Å²) in [6, 6.07) is 7.60. The van der Waals surface area contributed by atoms with E-state index in [2.05, 4.69) is 20.2 Å². The number of pyridine rings is 1. The first-order valence-electron chi connectivity index (χ1n) is 9.12. The number of carbonyl (C=O) groups is 1. The van der Waals surface area contributed by atoms with Gasteiger partial charge in [0.05, 0.1) is 18.3 Å². The second kappa shape index (κ2) is 7.40. The summed E-state index contributed by atoms with van der Waals surface area (Å²) in [5.41, 5.74) is 2.54. The molecule has 1 saturated heterocycles. The molecule has 8 heteroatoms. The number of fused-ring (bicyclic) bond motifs is 1. The fourth-order valence-corrected chi connectivity index (χ4v) is 3.45. The van der Waals surface area contributed by atoms with Gasteiger partial charge in [0, 0.05) is 30.7 Å². The molecule has 0 spiro atoms. The minimum atomic E-state index is -0.197. The van der Waals surface area contributed by atoms with E-state index in [1.54, 1.807) is 15.5 Å². The van der Waals surface area contributed by atoms with Crippen molar-refractivity contribution in [3.05, 3.63) is 53.4 Å². The predicted molar refractivity (Wildman–Crippen MR) is 98.2 cm³/mol. The SMILES string of the molecule is Cc1cc(C)n2c(C(=O)N(Cc3ccccn3)C[C@@H]3CCCO3)nnc2n1. The van der Waals surface area contributed by atoms with Gasteiger partial charge >= 0.3 is 0 Å². The van der Waals surface area contributed by atoms with Gasteiger partial charge in [0.2, 0.25) is 5.82 Å². The van der Waals surface area contributed by atoms with Crippen molar-refractivity contribution in [3.8, 4) is 0 Å². The third-order valence-corrected chi connectivity index (χ3v) is 4.70. The Morgan fingerprint density at radius 2 is 2.22 bits per heavy atom. The standard InChI is InChI=1S/C19H22N6O2/c1-13-10-14(2)25-17(22-23-19(25)21-13)18(26)24(12-16-7-5-9-27-16)11-15-6-3-4-8-20-15/h3-4,6,8,10,16H,5,7,9,11-12H2,1-2H3/t16-/m0/s1. The summed E-state index contributed by atoms with van der Waals surface area (Å²) in [5, 5.41) is 8.22. The molecule has 0 N–H and O–H groups in total. The van der Waals surface area contributed by atoms with Crippen molar-refractivity contribution in [2.24, 2.45) is 0 Å². The van der Waals surface area contributed by atoms with Crippen LogP contribution in [0.3, 0.4) is 0 Å². The Morgan fingerprint density at radius 3 is 2.96 bits per heavy atom. The Bertz CT molecular complexity index is 949. The van der Waals surface area contributed by atoms with Crippen molar-refractivity contribution in [2.45, 2.75) is 39.3 Å². The highest BCUT2D eigenvalue weighted by Crippen LogP contribution is 2.17.